The van der Waals surface area contributed by atoms with Crippen molar-refractivity contribution in [3.63, 3.8) is 0 Å². The summed E-state index contributed by atoms with van der Waals surface area (Å²) in [5.74, 6) is 0.114. The average Bonchev–Trinajstić information content (AvgIpc) is 2.47. The Bertz CT molecular complexity index is 161. The summed E-state index contributed by atoms with van der Waals surface area (Å²) < 4.78 is 0. The Balaban J connectivity index is 2.23. The molecule has 0 bridgehead atoms. The molecule has 1 aliphatic carbocycles. The van der Waals surface area contributed by atoms with Gasteiger partial charge in [0, 0.05) is 18.5 Å². The van der Waals surface area contributed by atoms with Crippen molar-refractivity contribution >= 4 is 5.91 Å². The third-order valence-corrected chi connectivity index (χ3v) is 2.26. The maximum Gasteiger partial charge on any atom is 0.223 e. The lowest BCUT2D eigenvalue weighted by Crippen LogP contribution is -2.32. The van der Waals surface area contributed by atoms with Gasteiger partial charge in [-0.2, -0.15) is 0 Å². The zero-order valence-corrected chi connectivity index (χ0v) is 7.12. The number of nitrogens with one attached hydrogen (secondary N) is 1. The lowest BCUT2D eigenvalue weighted by Gasteiger charge is -2.08. The van der Waals surface area contributed by atoms with Gasteiger partial charge in [-0.3, -0.25) is 4.79 Å². The summed E-state index contributed by atoms with van der Waals surface area (Å²) in [6.07, 6.45) is 2.62. The predicted octanol–water partition coefficient (Wildman–Crippen LogP) is -0.778. The molecule has 2 atom stereocenters. The molecule has 70 valence electrons. The summed E-state index contributed by atoms with van der Waals surface area (Å²) in [5, 5.41) is 11.1. The van der Waals surface area contributed by atoms with E-state index in [0.717, 1.165) is 19.3 Å². The fourth-order valence-electron chi connectivity index (χ4n) is 1.58. The molecule has 0 aromatic carbocycles. The van der Waals surface area contributed by atoms with Gasteiger partial charge in [0.1, 0.15) is 0 Å². The van der Waals surface area contributed by atoms with E-state index >= 15 is 0 Å². The van der Waals surface area contributed by atoms with Gasteiger partial charge < -0.3 is 16.2 Å². The molecule has 0 aromatic heterocycles. The van der Waals surface area contributed by atoms with Gasteiger partial charge in [0.05, 0.1) is 6.61 Å². The molecule has 0 saturated heterocycles. The van der Waals surface area contributed by atoms with Crippen LogP contribution in [0.15, 0.2) is 0 Å². The molecule has 4 heteroatoms. The van der Waals surface area contributed by atoms with E-state index in [1.165, 1.54) is 0 Å². The van der Waals surface area contributed by atoms with Crippen molar-refractivity contribution in [1.29, 1.82) is 0 Å². The second kappa shape index (κ2) is 4.42. The van der Waals surface area contributed by atoms with E-state index in [-0.39, 0.29) is 24.5 Å². The molecule has 0 heterocycles. The van der Waals surface area contributed by atoms with Crippen LogP contribution in [0.4, 0.5) is 0 Å². The number of carbonyl (C=O) groups is 1. The van der Waals surface area contributed by atoms with Gasteiger partial charge in [-0.05, 0) is 19.3 Å². The first-order valence-corrected chi connectivity index (χ1v) is 4.38. The Kier molecular flexibility index (Phi) is 3.49. The van der Waals surface area contributed by atoms with Gasteiger partial charge in [0.15, 0.2) is 0 Å². The van der Waals surface area contributed by atoms with E-state index in [4.69, 9.17) is 10.8 Å². The number of carbonyl (C=O) groups excluding carboxylic acids is 1. The van der Waals surface area contributed by atoms with Crippen molar-refractivity contribution in [3.8, 4) is 0 Å². The minimum absolute atomic E-state index is 0.00448. The molecule has 0 spiro atoms. The zero-order chi connectivity index (χ0) is 8.97. The van der Waals surface area contributed by atoms with Gasteiger partial charge >= 0.3 is 0 Å². The van der Waals surface area contributed by atoms with Crippen LogP contribution in [0, 0.1) is 5.92 Å². The maximum atomic E-state index is 11.3. The molecule has 1 aliphatic rings. The molecule has 2 unspecified atom stereocenters. The van der Waals surface area contributed by atoms with Gasteiger partial charge in [0.25, 0.3) is 0 Å². The molecule has 1 fully saturated rings. The fourth-order valence-corrected chi connectivity index (χ4v) is 1.58. The third kappa shape index (κ3) is 2.46. The Labute approximate surface area is 72.1 Å². The van der Waals surface area contributed by atoms with Crippen LogP contribution >= 0.6 is 0 Å². The van der Waals surface area contributed by atoms with Gasteiger partial charge in [-0.1, -0.05) is 0 Å². The highest BCUT2D eigenvalue weighted by atomic mass is 16.3. The van der Waals surface area contributed by atoms with Crippen molar-refractivity contribution in [2.45, 2.75) is 25.3 Å². The van der Waals surface area contributed by atoms with Crippen molar-refractivity contribution < 1.29 is 9.90 Å². The van der Waals surface area contributed by atoms with Crippen LogP contribution in [0.1, 0.15) is 19.3 Å². The van der Waals surface area contributed by atoms with Crippen LogP contribution in [0.2, 0.25) is 0 Å². The molecular weight excluding hydrogens is 156 g/mol. The number of amides is 1. The van der Waals surface area contributed by atoms with Gasteiger partial charge in [0.2, 0.25) is 5.91 Å². The molecule has 0 aliphatic heterocycles. The van der Waals surface area contributed by atoms with Crippen molar-refractivity contribution in [2.75, 3.05) is 13.2 Å². The fraction of sp³-hybridized carbons (Fsp3) is 0.875. The zero-order valence-electron chi connectivity index (χ0n) is 7.12. The molecule has 0 radical (unpaired) electrons. The highest BCUT2D eigenvalue weighted by molar-refractivity contribution is 5.78. The Morgan fingerprint density at radius 1 is 1.58 bits per heavy atom. The topological polar surface area (TPSA) is 75.4 Å². The van der Waals surface area contributed by atoms with E-state index in [1.54, 1.807) is 0 Å². The molecule has 4 N–H and O–H groups in total. The number of aliphatic hydroxyl groups excluding tert-OH is 1. The molecule has 1 rings (SSSR count). The lowest BCUT2D eigenvalue weighted by atomic mass is 10.1. The van der Waals surface area contributed by atoms with Crippen LogP contribution in [0.5, 0.6) is 0 Å². The summed E-state index contributed by atoms with van der Waals surface area (Å²) >= 11 is 0. The minimum Gasteiger partial charge on any atom is -0.395 e. The smallest absolute Gasteiger partial charge is 0.223 e. The van der Waals surface area contributed by atoms with Gasteiger partial charge in [-0.15, -0.1) is 0 Å². The monoisotopic (exact) mass is 172 g/mol. The summed E-state index contributed by atoms with van der Waals surface area (Å²) in [6, 6.07) is 0.190. The molecule has 1 saturated carbocycles. The highest BCUT2D eigenvalue weighted by Crippen LogP contribution is 2.23. The standard InChI is InChI=1S/C8H16N2O2/c9-7-2-1-6(5-7)8(12)10-3-4-11/h6-7,11H,1-5,9H2,(H,10,12). The van der Waals surface area contributed by atoms with E-state index in [2.05, 4.69) is 5.32 Å². The predicted molar refractivity (Wildman–Crippen MR) is 45.4 cm³/mol. The van der Waals surface area contributed by atoms with Gasteiger partial charge in [-0.25, -0.2) is 0 Å². The minimum atomic E-state index is 0.00448. The van der Waals surface area contributed by atoms with Crippen molar-refractivity contribution in [2.24, 2.45) is 11.7 Å². The van der Waals surface area contributed by atoms with Crippen LogP contribution in [0.25, 0.3) is 0 Å². The molecule has 4 nitrogen and oxygen atoms in total. The van der Waals surface area contributed by atoms with E-state index in [0.29, 0.717) is 6.54 Å². The maximum absolute atomic E-state index is 11.3. The van der Waals surface area contributed by atoms with Crippen LogP contribution in [-0.4, -0.2) is 30.2 Å². The highest BCUT2D eigenvalue weighted by Gasteiger charge is 2.27. The van der Waals surface area contributed by atoms with E-state index in [1.807, 2.05) is 0 Å². The first-order valence-electron chi connectivity index (χ1n) is 4.38. The lowest BCUT2D eigenvalue weighted by molar-refractivity contribution is -0.124. The molecular formula is C8H16N2O2. The molecule has 0 aromatic rings. The third-order valence-electron chi connectivity index (χ3n) is 2.26. The number of aliphatic hydroxyl groups is 1. The Morgan fingerprint density at radius 2 is 2.33 bits per heavy atom. The van der Waals surface area contributed by atoms with Crippen molar-refractivity contribution in [3.05, 3.63) is 0 Å². The average molecular weight is 172 g/mol. The van der Waals surface area contributed by atoms with E-state index < -0.39 is 0 Å². The molecule has 1 amide bonds. The summed E-state index contributed by atoms with van der Waals surface area (Å²) in [5.41, 5.74) is 5.66. The van der Waals surface area contributed by atoms with E-state index in [9.17, 15) is 4.79 Å². The summed E-state index contributed by atoms with van der Waals surface area (Å²) in [6.45, 7) is 0.356. The summed E-state index contributed by atoms with van der Waals surface area (Å²) in [4.78, 5) is 11.3. The van der Waals surface area contributed by atoms with Crippen molar-refractivity contribution in [1.82, 2.24) is 5.32 Å². The SMILES string of the molecule is NC1CCC(C(=O)NCCO)C1. The van der Waals surface area contributed by atoms with Crippen LogP contribution in [0.3, 0.4) is 0 Å². The largest absolute Gasteiger partial charge is 0.395 e. The Hall–Kier alpha value is -0.610. The first-order chi connectivity index (χ1) is 5.74. The Morgan fingerprint density at radius 3 is 2.83 bits per heavy atom. The first kappa shape index (κ1) is 9.48. The van der Waals surface area contributed by atoms with Crippen LogP contribution < -0.4 is 11.1 Å². The van der Waals surface area contributed by atoms with Crippen LogP contribution in [-0.2, 0) is 4.79 Å². The second-order valence-electron chi connectivity index (χ2n) is 3.28. The quantitative estimate of drug-likeness (QED) is 0.523. The number of hydrogen-bond acceptors (Lipinski definition) is 3. The number of rotatable bonds is 3. The number of hydrogen-bond donors (Lipinski definition) is 3. The number of nitrogens with two attached hydrogens (primary N) is 1. The summed E-state index contributed by atoms with van der Waals surface area (Å²) in [7, 11) is 0. The second-order valence-corrected chi connectivity index (χ2v) is 3.28. The normalized spacial score (nSPS) is 28.8. The molecule has 12 heavy (non-hydrogen) atoms.